The highest BCUT2D eigenvalue weighted by atomic mass is 35.5. The summed E-state index contributed by atoms with van der Waals surface area (Å²) >= 11 is 1.65. The Bertz CT molecular complexity index is 374. The van der Waals surface area contributed by atoms with Gasteiger partial charge < -0.3 is 15.2 Å². The summed E-state index contributed by atoms with van der Waals surface area (Å²) in [5.74, 6) is 1.77. The van der Waals surface area contributed by atoms with Crippen molar-refractivity contribution in [1.29, 1.82) is 0 Å². The molecule has 0 aliphatic heterocycles. The van der Waals surface area contributed by atoms with Crippen LogP contribution in [0.5, 0.6) is 11.5 Å². The molecule has 1 aromatic rings. The molecule has 0 aliphatic carbocycles. The minimum Gasteiger partial charge on any atom is -0.496 e. The summed E-state index contributed by atoms with van der Waals surface area (Å²) in [6.07, 6.45) is 3.79. The van der Waals surface area contributed by atoms with E-state index in [0.717, 1.165) is 34.8 Å². The third-order valence-electron chi connectivity index (χ3n) is 2.79. The van der Waals surface area contributed by atoms with Gasteiger partial charge in [0, 0.05) is 6.04 Å². The maximum atomic E-state index is 5.99. The summed E-state index contributed by atoms with van der Waals surface area (Å²) in [5.41, 5.74) is 7.10. The Morgan fingerprint density at radius 1 is 1.22 bits per heavy atom. The zero-order chi connectivity index (χ0) is 12.8. The topological polar surface area (TPSA) is 44.5 Å². The zero-order valence-electron chi connectivity index (χ0n) is 11.4. The van der Waals surface area contributed by atoms with Gasteiger partial charge in [-0.2, -0.15) is 0 Å². The molecular weight excluding hydrogens is 270 g/mol. The predicted molar refractivity (Wildman–Crippen MR) is 80.5 cm³/mol. The van der Waals surface area contributed by atoms with E-state index >= 15 is 0 Å². The average molecular weight is 292 g/mol. The molecule has 0 amide bonds. The van der Waals surface area contributed by atoms with Gasteiger partial charge in [0.05, 0.1) is 19.1 Å². The molecule has 0 aliphatic rings. The van der Waals surface area contributed by atoms with E-state index in [2.05, 4.69) is 6.92 Å². The smallest absolute Gasteiger partial charge is 0.132 e. The van der Waals surface area contributed by atoms with Crippen LogP contribution in [0.4, 0.5) is 0 Å². The summed E-state index contributed by atoms with van der Waals surface area (Å²) in [6.45, 7) is 2.09. The van der Waals surface area contributed by atoms with Crippen LogP contribution in [0.15, 0.2) is 17.0 Å². The van der Waals surface area contributed by atoms with E-state index in [0.29, 0.717) is 0 Å². The largest absolute Gasteiger partial charge is 0.496 e. The molecule has 0 heterocycles. The van der Waals surface area contributed by atoms with Gasteiger partial charge in [-0.15, -0.1) is 24.2 Å². The van der Waals surface area contributed by atoms with E-state index in [4.69, 9.17) is 15.2 Å². The van der Waals surface area contributed by atoms with Crippen molar-refractivity contribution >= 4 is 24.2 Å². The van der Waals surface area contributed by atoms with E-state index in [1.54, 1.807) is 26.0 Å². The Morgan fingerprint density at radius 2 is 1.83 bits per heavy atom. The van der Waals surface area contributed by atoms with Crippen molar-refractivity contribution in [2.24, 2.45) is 5.73 Å². The molecule has 2 N–H and O–H groups in total. The maximum Gasteiger partial charge on any atom is 0.132 e. The molecule has 0 fully saturated rings. The minimum absolute atomic E-state index is 0. The van der Waals surface area contributed by atoms with Gasteiger partial charge in [0.2, 0.25) is 0 Å². The van der Waals surface area contributed by atoms with Gasteiger partial charge in [-0.3, -0.25) is 0 Å². The molecule has 0 bridgehead atoms. The molecule has 1 atom stereocenters. The standard InChI is InChI=1S/C13H21NO2S.ClH/c1-5-10(14)6-9-7-12(16-3)13(17-4)8-11(9)15-2;/h7-8,10H,5-6,14H2,1-4H3;1H/t10-;/m0./s1. The summed E-state index contributed by atoms with van der Waals surface area (Å²) in [4.78, 5) is 1.08. The minimum atomic E-state index is 0. The van der Waals surface area contributed by atoms with Crippen molar-refractivity contribution < 1.29 is 9.47 Å². The van der Waals surface area contributed by atoms with Gasteiger partial charge in [-0.1, -0.05) is 6.92 Å². The lowest BCUT2D eigenvalue weighted by Gasteiger charge is -2.16. The Kier molecular flexibility index (Phi) is 8.24. The van der Waals surface area contributed by atoms with E-state index in [1.165, 1.54) is 0 Å². The van der Waals surface area contributed by atoms with Crippen LogP contribution in [0.25, 0.3) is 0 Å². The van der Waals surface area contributed by atoms with Crippen molar-refractivity contribution in [1.82, 2.24) is 0 Å². The Hall–Kier alpha value is -0.580. The lowest BCUT2D eigenvalue weighted by atomic mass is 10.0. The number of ether oxygens (including phenoxy) is 2. The van der Waals surface area contributed by atoms with Gasteiger partial charge >= 0.3 is 0 Å². The first-order valence-electron chi connectivity index (χ1n) is 5.70. The van der Waals surface area contributed by atoms with Crippen LogP contribution in [-0.4, -0.2) is 26.5 Å². The van der Waals surface area contributed by atoms with Crippen LogP contribution < -0.4 is 15.2 Å². The van der Waals surface area contributed by atoms with Crippen LogP contribution >= 0.6 is 24.2 Å². The third-order valence-corrected chi connectivity index (χ3v) is 3.55. The number of hydrogen-bond acceptors (Lipinski definition) is 4. The molecule has 0 radical (unpaired) electrons. The van der Waals surface area contributed by atoms with Crippen LogP contribution in [0.1, 0.15) is 18.9 Å². The van der Waals surface area contributed by atoms with Gasteiger partial charge in [-0.25, -0.2) is 0 Å². The van der Waals surface area contributed by atoms with E-state index in [1.807, 2.05) is 18.4 Å². The fourth-order valence-corrected chi connectivity index (χ4v) is 2.25. The number of rotatable bonds is 6. The van der Waals surface area contributed by atoms with Crippen LogP contribution in [0, 0.1) is 0 Å². The normalized spacial score (nSPS) is 11.6. The number of methoxy groups -OCH3 is 2. The SMILES string of the molecule is CC[C@H](N)Cc1cc(OC)c(SC)cc1OC.Cl. The highest BCUT2D eigenvalue weighted by Gasteiger charge is 2.12. The lowest BCUT2D eigenvalue weighted by molar-refractivity contribution is 0.389. The van der Waals surface area contributed by atoms with Crippen molar-refractivity contribution in [3.63, 3.8) is 0 Å². The fraction of sp³-hybridized carbons (Fsp3) is 0.538. The molecule has 0 saturated carbocycles. The van der Waals surface area contributed by atoms with Crippen molar-refractivity contribution in [2.45, 2.75) is 30.7 Å². The van der Waals surface area contributed by atoms with Gasteiger partial charge in [0.1, 0.15) is 11.5 Å². The van der Waals surface area contributed by atoms with Crippen LogP contribution in [-0.2, 0) is 6.42 Å². The van der Waals surface area contributed by atoms with Crippen molar-refractivity contribution in [3.05, 3.63) is 17.7 Å². The van der Waals surface area contributed by atoms with Gasteiger partial charge in [0.25, 0.3) is 0 Å². The number of halogens is 1. The van der Waals surface area contributed by atoms with Crippen molar-refractivity contribution in [2.75, 3.05) is 20.5 Å². The molecule has 1 aromatic carbocycles. The Labute approximate surface area is 120 Å². The van der Waals surface area contributed by atoms with Gasteiger partial charge in [-0.05, 0) is 36.8 Å². The molecule has 0 aromatic heterocycles. The number of nitrogens with two attached hydrogens (primary N) is 1. The Balaban J connectivity index is 0.00000289. The summed E-state index contributed by atoms with van der Waals surface area (Å²) in [6, 6.07) is 4.20. The maximum absolute atomic E-state index is 5.99. The molecule has 0 unspecified atom stereocenters. The summed E-state index contributed by atoms with van der Waals surface area (Å²) < 4.78 is 10.8. The number of thioether (sulfide) groups is 1. The predicted octanol–water partition coefficient (Wildman–Crippen LogP) is 3.13. The second-order valence-electron chi connectivity index (χ2n) is 3.89. The van der Waals surface area contributed by atoms with Crippen LogP contribution in [0.2, 0.25) is 0 Å². The lowest BCUT2D eigenvalue weighted by Crippen LogP contribution is -2.21. The molecular formula is C13H22ClNO2S. The van der Waals surface area contributed by atoms with E-state index in [-0.39, 0.29) is 18.4 Å². The highest BCUT2D eigenvalue weighted by molar-refractivity contribution is 7.98. The van der Waals surface area contributed by atoms with Crippen molar-refractivity contribution in [3.8, 4) is 11.5 Å². The average Bonchev–Trinajstić information content (AvgIpc) is 2.37. The monoisotopic (exact) mass is 291 g/mol. The first-order valence-corrected chi connectivity index (χ1v) is 6.93. The first-order chi connectivity index (χ1) is 8.15. The third kappa shape index (κ3) is 4.26. The van der Waals surface area contributed by atoms with Crippen LogP contribution in [0.3, 0.4) is 0 Å². The molecule has 18 heavy (non-hydrogen) atoms. The number of benzene rings is 1. The molecule has 104 valence electrons. The van der Waals surface area contributed by atoms with Gasteiger partial charge in [0.15, 0.2) is 0 Å². The molecule has 0 saturated heterocycles. The summed E-state index contributed by atoms with van der Waals surface area (Å²) in [5, 5.41) is 0. The van der Waals surface area contributed by atoms with E-state index < -0.39 is 0 Å². The fourth-order valence-electron chi connectivity index (χ4n) is 1.68. The molecule has 0 spiro atoms. The molecule has 5 heteroatoms. The van der Waals surface area contributed by atoms with E-state index in [9.17, 15) is 0 Å². The summed E-state index contributed by atoms with van der Waals surface area (Å²) in [7, 11) is 3.37. The number of hydrogen-bond donors (Lipinski definition) is 1. The highest BCUT2D eigenvalue weighted by Crippen LogP contribution is 2.35. The second kappa shape index (κ2) is 8.51. The second-order valence-corrected chi connectivity index (χ2v) is 4.74. The quantitative estimate of drug-likeness (QED) is 0.818. The Morgan fingerprint density at radius 3 is 2.28 bits per heavy atom. The zero-order valence-corrected chi connectivity index (χ0v) is 13.0. The molecule has 3 nitrogen and oxygen atoms in total. The molecule has 1 rings (SSSR count). The first kappa shape index (κ1) is 17.4.